The van der Waals surface area contributed by atoms with E-state index in [2.05, 4.69) is 13.2 Å². The van der Waals surface area contributed by atoms with Gasteiger partial charge in [0, 0.05) is 11.1 Å². The van der Waals surface area contributed by atoms with Crippen molar-refractivity contribution >= 4 is 35.0 Å². The van der Waals surface area contributed by atoms with E-state index in [0.717, 1.165) is 0 Å². The van der Waals surface area contributed by atoms with E-state index < -0.39 is 12.6 Å². The van der Waals surface area contributed by atoms with Crippen molar-refractivity contribution in [1.29, 1.82) is 0 Å². The van der Waals surface area contributed by atoms with Crippen molar-refractivity contribution in [3.8, 4) is 5.75 Å². The summed E-state index contributed by atoms with van der Waals surface area (Å²) in [5.41, 5.74) is 0.674. The zero-order chi connectivity index (χ0) is 15.7. The number of esters is 1. The third kappa shape index (κ3) is 7.74. The van der Waals surface area contributed by atoms with E-state index in [0.29, 0.717) is 16.9 Å². The fraction of sp³-hybridized carbons (Fsp3) is 0.143. The van der Waals surface area contributed by atoms with Crippen molar-refractivity contribution < 1.29 is 19.4 Å². The molecule has 0 aliphatic heterocycles. The van der Waals surface area contributed by atoms with Gasteiger partial charge in [0.05, 0.1) is 4.49 Å². The number of ether oxygens (including phenoxy) is 1. The van der Waals surface area contributed by atoms with Gasteiger partial charge >= 0.3 is 5.97 Å². The zero-order valence-corrected chi connectivity index (χ0v) is 12.4. The summed E-state index contributed by atoms with van der Waals surface area (Å²) in [6, 6.07) is 5.95. The summed E-state index contributed by atoms with van der Waals surface area (Å²) >= 11 is 9.69. The van der Waals surface area contributed by atoms with Crippen LogP contribution in [0, 0.1) is 0 Å². The molecule has 0 aromatic heterocycles. The minimum atomic E-state index is -0.537. The molecule has 0 atom stereocenters. The van der Waals surface area contributed by atoms with Gasteiger partial charge in [-0.1, -0.05) is 36.4 Å². The number of benzene rings is 1. The number of aliphatic hydroxyl groups excluding tert-OH is 1. The van der Waals surface area contributed by atoms with E-state index in [1.54, 1.807) is 6.92 Å². The van der Waals surface area contributed by atoms with Crippen LogP contribution in [0.15, 0.2) is 47.5 Å². The van der Waals surface area contributed by atoms with Crippen molar-refractivity contribution in [2.45, 2.75) is 6.92 Å². The predicted molar refractivity (Wildman–Crippen MR) is 79.2 cm³/mol. The number of rotatable bonds is 4. The van der Waals surface area contributed by atoms with Crippen LogP contribution >= 0.6 is 23.2 Å². The molecule has 4 nitrogen and oxygen atoms in total. The van der Waals surface area contributed by atoms with Gasteiger partial charge in [-0.3, -0.25) is 4.79 Å². The molecule has 1 rings (SSSR count). The molecule has 0 saturated heterocycles. The quantitative estimate of drug-likeness (QED) is 0.401. The normalized spacial score (nSPS) is 9.00. The Hall–Kier alpha value is -1.62. The van der Waals surface area contributed by atoms with Gasteiger partial charge in [0.1, 0.15) is 12.4 Å². The van der Waals surface area contributed by atoms with Gasteiger partial charge in [0.25, 0.3) is 0 Å². The van der Waals surface area contributed by atoms with Crippen LogP contribution in [0.2, 0.25) is 0 Å². The van der Waals surface area contributed by atoms with Crippen LogP contribution in [0.4, 0.5) is 0 Å². The maximum absolute atomic E-state index is 11.2. The summed E-state index contributed by atoms with van der Waals surface area (Å²) in [4.78, 5) is 22.2. The largest absolute Gasteiger partial charge is 0.423 e. The fourth-order valence-corrected chi connectivity index (χ4v) is 0.994. The molecule has 20 heavy (non-hydrogen) atoms. The smallest absolute Gasteiger partial charge is 0.338 e. The summed E-state index contributed by atoms with van der Waals surface area (Å²) in [6.07, 6.45) is 0. The Labute approximate surface area is 127 Å². The Balaban J connectivity index is 0.000000796. The lowest BCUT2D eigenvalue weighted by molar-refractivity contribution is -0.130. The predicted octanol–water partition coefficient (Wildman–Crippen LogP) is 3.28. The third-order valence-electron chi connectivity index (χ3n) is 1.88. The minimum Gasteiger partial charge on any atom is -0.423 e. The first kappa shape index (κ1) is 18.4. The van der Waals surface area contributed by atoms with Crippen LogP contribution < -0.4 is 4.74 Å². The van der Waals surface area contributed by atoms with Crippen molar-refractivity contribution in [2.24, 2.45) is 0 Å². The molecule has 0 aliphatic carbocycles. The van der Waals surface area contributed by atoms with E-state index in [1.807, 2.05) is 0 Å². The molecule has 0 bridgehead atoms. The molecule has 0 heterocycles. The fourth-order valence-electron chi connectivity index (χ4n) is 0.994. The molecule has 0 spiro atoms. The molecule has 0 fully saturated rings. The summed E-state index contributed by atoms with van der Waals surface area (Å²) in [7, 11) is 0. The highest BCUT2D eigenvalue weighted by Crippen LogP contribution is 2.13. The maximum Gasteiger partial charge on any atom is 0.338 e. The molecule has 1 N–H and O–H groups in total. The zero-order valence-electron chi connectivity index (χ0n) is 10.9. The first-order valence-electron chi connectivity index (χ1n) is 5.39. The number of hydrogen-bond donors (Lipinski definition) is 1. The number of Topliss-reactive ketones (excluding diaryl/α,β-unsaturated/α-hetero) is 1. The summed E-state index contributed by atoms with van der Waals surface area (Å²) < 4.78 is 5.04. The van der Waals surface area contributed by atoms with Gasteiger partial charge in [-0.15, -0.1) is 0 Å². The number of carbonyl (C=O) groups excluding carboxylic acids is 2. The van der Waals surface area contributed by atoms with Crippen LogP contribution in [-0.4, -0.2) is 23.5 Å². The van der Waals surface area contributed by atoms with Crippen LogP contribution in [0.5, 0.6) is 5.75 Å². The van der Waals surface area contributed by atoms with Gasteiger partial charge in [0.15, 0.2) is 5.78 Å². The average molecular weight is 317 g/mol. The molecule has 108 valence electrons. The monoisotopic (exact) mass is 316 g/mol. The van der Waals surface area contributed by atoms with Crippen LogP contribution in [0.1, 0.15) is 17.3 Å². The highest BCUT2D eigenvalue weighted by atomic mass is 35.5. The first-order valence-corrected chi connectivity index (χ1v) is 6.15. The van der Waals surface area contributed by atoms with E-state index in [9.17, 15) is 9.59 Å². The summed E-state index contributed by atoms with van der Waals surface area (Å²) in [5.74, 6) is -0.554. The lowest BCUT2D eigenvalue weighted by Crippen LogP contribution is -2.08. The van der Waals surface area contributed by atoms with Gasteiger partial charge in [-0.05, 0) is 31.2 Å². The maximum atomic E-state index is 11.2. The molecule has 6 heteroatoms. The van der Waals surface area contributed by atoms with Gasteiger partial charge in [0.2, 0.25) is 0 Å². The molecule has 0 saturated carbocycles. The number of halogens is 2. The Morgan fingerprint density at radius 3 is 2.00 bits per heavy atom. The second-order valence-electron chi connectivity index (χ2n) is 3.61. The number of carbonyl (C=O) groups is 2. The van der Waals surface area contributed by atoms with Crippen LogP contribution in [0.25, 0.3) is 0 Å². The van der Waals surface area contributed by atoms with Gasteiger partial charge < -0.3 is 9.84 Å². The molecule has 0 unspecified atom stereocenters. The number of aliphatic hydroxyl groups is 1. The Kier molecular flexibility index (Phi) is 8.56. The topological polar surface area (TPSA) is 63.6 Å². The Bertz CT molecular complexity index is 502. The molecular weight excluding hydrogens is 303 g/mol. The van der Waals surface area contributed by atoms with Crippen molar-refractivity contribution in [3.63, 3.8) is 0 Å². The van der Waals surface area contributed by atoms with Gasteiger partial charge in [-0.2, -0.15) is 0 Å². The number of ketones is 1. The first-order chi connectivity index (χ1) is 9.27. The average Bonchev–Trinajstić information content (AvgIpc) is 2.38. The Morgan fingerprint density at radius 2 is 1.65 bits per heavy atom. The SMILES string of the molecule is C=C(C)C(=O)Oc1ccc(C(=O)CO)cc1.C=C(Cl)Cl. The molecular formula is C14H14Cl2O4. The standard InChI is InChI=1S/C12H12O4.C2H2Cl2/c1-8(2)12(15)16-10-5-3-9(4-6-10)11(14)7-13;1-2(3)4/h3-6,13H,1,7H2,2H3;1H2. The van der Waals surface area contributed by atoms with E-state index >= 15 is 0 Å². The Morgan fingerprint density at radius 1 is 1.20 bits per heavy atom. The molecule has 0 amide bonds. The van der Waals surface area contributed by atoms with Crippen molar-refractivity contribution in [2.75, 3.05) is 6.61 Å². The van der Waals surface area contributed by atoms with Crippen molar-refractivity contribution in [1.82, 2.24) is 0 Å². The van der Waals surface area contributed by atoms with Crippen LogP contribution in [-0.2, 0) is 4.79 Å². The lowest BCUT2D eigenvalue weighted by Gasteiger charge is -2.04. The highest BCUT2D eigenvalue weighted by molar-refractivity contribution is 6.55. The number of hydrogen-bond acceptors (Lipinski definition) is 4. The van der Waals surface area contributed by atoms with Crippen LogP contribution in [0.3, 0.4) is 0 Å². The minimum absolute atomic E-state index is 0.111. The van der Waals surface area contributed by atoms with E-state index in [4.69, 9.17) is 33.0 Å². The highest BCUT2D eigenvalue weighted by Gasteiger charge is 2.07. The summed E-state index contributed by atoms with van der Waals surface area (Å²) in [6.45, 7) is 7.55. The molecule has 1 aromatic rings. The molecule has 0 radical (unpaired) electrons. The third-order valence-corrected chi connectivity index (χ3v) is 1.88. The summed E-state index contributed by atoms with van der Waals surface area (Å²) in [5, 5.41) is 8.63. The van der Waals surface area contributed by atoms with E-state index in [1.165, 1.54) is 24.3 Å². The van der Waals surface area contributed by atoms with Gasteiger partial charge in [-0.25, -0.2) is 4.79 Å². The second-order valence-corrected chi connectivity index (χ2v) is 4.72. The van der Waals surface area contributed by atoms with E-state index in [-0.39, 0.29) is 10.3 Å². The lowest BCUT2D eigenvalue weighted by atomic mass is 10.1. The molecule has 1 aromatic carbocycles. The second kappa shape index (κ2) is 9.31. The molecule has 0 aliphatic rings. The van der Waals surface area contributed by atoms with Crippen molar-refractivity contribution in [3.05, 3.63) is 53.1 Å².